The number of benzene rings is 3. The summed E-state index contributed by atoms with van der Waals surface area (Å²) in [4.78, 5) is 12.2. The molecule has 2 heteroatoms. The van der Waals surface area contributed by atoms with Gasteiger partial charge in [0.1, 0.15) is 0 Å². The van der Waals surface area contributed by atoms with Crippen molar-refractivity contribution in [2.24, 2.45) is 0 Å². The predicted molar refractivity (Wildman–Crippen MR) is 90.2 cm³/mol. The summed E-state index contributed by atoms with van der Waals surface area (Å²) in [7, 11) is 0. The molecule has 3 aromatic carbocycles. The van der Waals surface area contributed by atoms with E-state index in [2.05, 4.69) is 60.8 Å². The summed E-state index contributed by atoms with van der Waals surface area (Å²) in [5, 5.41) is 5.35. The zero-order chi connectivity index (χ0) is 15.1. The summed E-state index contributed by atoms with van der Waals surface area (Å²) in [5.41, 5.74) is 4.63. The minimum Gasteiger partial charge on any atom is -0.325 e. The lowest BCUT2D eigenvalue weighted by atomic mass is 9.83. The normalized spacial score (nSPS) is 17.1. The molecule has 1 atom stereocenters. The molecule has 1 aliphatic heterocycles. The van der Waals surface area contributed by atoms with Gasteiger partial charge in [0.2, 0.25) is 5.91 Å². The van der Waals surface area contributed by atoms with Crippen molar-refractivity contribution < 1.29 is 4.79 Å². The van der Waals surface area contributed by atoms with Gasteiger partial charge in [-0.1, -0.05) is 66.2 Å². The van der Waals surface area contributed by atoms with Crippen molar-refractivity contribution in [1.29, 1.82) is 0 Å². The van der Waals surface area contributed by atoms with Crippen LogP contribution in [0.4, 0.5) is 5.69 Å². The predicted octanol–water partition coefficient (Wildman–Crippen LogP) is 4.62. The Hall–Kier alpha value is -2.61. The molecule has 3 aromatic rings. The second-order valence-corrected chi connectivity index (χ2v) is 5.97. The van der Waals surface area contributed by atoms with Gasteiger partial charge in [0.15, 0.2) is 0 Å². The van der Waals surface area contributed by atoms with Crippen LogP contribution in [-0.2, 0) is 4.79 Å². The highest BCUT2D eigenvalue weighted by molar-refractivity contribution is 6.06. The van der Waals surface area contributed by atoms with Gasteiger partial charge in [0.05, 0.1) is 5.69 Å². The van der Waals surface area contributed by atoms with Gasteiger partial charge in [0, 0.05) is 17.7 Å². The van der Waals surface area contributed by atoms with Gasteiger partial charge >= 0.3 is 0 Å². The topological polar surface area (TPSA) is 29.1 Å². The van der Waals surface area contributed by atoms with Crippen molar-refractivity contribution >= 4 is 22.4 Å². The number of nitrogens with one attached hydrogen (secondary N) is 1. The minimum absolute atomic E-state index is 0.0929. The van der Waals surface area contributed by atoms with E-state index in [1.165, 1.54) is 16.7 Å². The van der Waals surface area contributed by atoms with Crippen molar-refractivity contribution in [1.82, 2.24) is 0 Å². The standard InChI is InChI=1S/C20H17NO/c1-13-5-4-7-15(11-13)18-12-19(22)21-20-16-8-3-2-6-14(16)9-10-17(18)20/h2-11,18H,12H2,1H3,(H,21,22)/t18-/m1/s1. The van der Waals surface area contributed by atoms with E-state index in [0.29, 0.717) is 6.42 Å². The lowest BCUT2D eigenvalue weighted by molar-refractivity contribution is -0.116. The van der Waals surface area contributed by atoms with Crippen LogP contribution >= 0.6 is 0 Å². The first-order chi connectivity index (χ1) is 10.7. The maximum Gasteiger partial charge on any atom is 0.225 e. The first-order valence-electron chi connectivity index (χ1n) is 7.60. The Kier molecular flexibility index (Phi) is 2.97. The van der Waals surface area contributed by atoms with Crippen molar-refractivity contribution in [3.8, 4) is 0 Å². The van der Waals surface area contributed by atoms with E-state index in [1.54, 1.807) is 0 Å². The molecule has 0 fully saturated rings. The number of anilines is 1. The van der Waals surface area contributed by atoms with Crippen molar-refractivity contribution in [2.45, 2.75) is 19.3 Å². The third-order valence-corrected chi connectivity index (χ3v) is 4.44. The van der Waals surface area contributed by atoms with Crippen LogP contribution in [0.3, 0.4) is 0 Å². The number of carbonyl (C=O) groups is 1. The number of aryl methyl sites for hydroxylation is 1. The zero-order valence-corrected chi connectivity index (χ0v) is 12.5. The van der Waals surface area contributed by atoms with Gasteiger partial charge < -0.3 is 5.32 Å². The molecule has 0 unspecified atom stereocenters. The van der Waals surface area contributed by atoms with E-state index in [1.807, 2.05) is 12.1 Å². The second kappa shape index (κ2) is 4.99. The molecule has 1 aliphatic rings. The molecule has 0 aliphatic carbocycles. The Morgan fingerprint density at radius 3 is 2.73 bits per heavy atom. The van der Waals surface area contributed by atoms with Gasteiger partial charge in [-0.05, 0) is 23.4 Å². The van der Waals surface area contributed by atoms with Gasteiger partial charge in [0.25, 0.3) is 0 Å². The Morgan fingerprint density at radius 1 is 1.00 bits per heavy atom. The van der Waals surface area contributed by atoms with E-state index in [9.17, 15) is 4.79 Å². The van der Waals surface area contributed by atoms with Crippen molar-refractivity contribution in [3.63, 3.8) is 0 Å². The fourth-order valence-corrected chi connectivity index (χ4v) is 3.39. The summed E-state index contributed by atoms with van der Waals surface area (Å²) in [6, 6.07) is 21.0. The maximum absolute atomic E-state index is 12.2. The summed E-state index contributed by atoms with van der Waals surface area (Å²) < 4.78 is 0. The Bertz CT molecular complexity index is 882. The molecule has 4 rings (SSSR count). The monoisotopic (exact) mass is 287 g/mol. The van der Waals surface area contributed by atoms with Crippen LogP contribution in [0.5, 0.6) is 0 Å². The number of hydrogen-bond donors (Lipinski definition) is 1. The molecule has 0 aromatic heterocycles. The first kappa shape index (κ1) is 13.1. The molecule has 22 heavy (non-hydrogen) atoms. The average Bonchev–Trinajstić information content (AvgIpc) is 2.54. The van der Waals surface area contributed by atoms with Crippen LogP contribution in [0, 0.1) is 6.92 Å². The molecule has 0 radical (unpaired) electrons. The van der Waals surface area contributed by atoms with E-state index < -0.39 is 0 Å². The summed E-state index contributed by atoms with van der Waals surface area (Å²) in [6.45, 7) is 2.09. The Labute approximate surface area is 129 Å². The smallest absolute Gasteiger partial charge is 0.225 e. The molecule has 1 heterocycles. The molecule has 1 amide bonds. The largest absolute Gasteiger partial charge is 0.325 e. The number of rotatable bonds is 1. The number of fused-ring (bicyclic) bond motifs is 3. The van der Waals surface area contributed by atoms with Gasteiger partial charge in [-0.15, -0.1) is 0 Å². The minimum atomic E-state index is 0.0929. The molecular formula is C20H17NO. The average molecular weight is 287 g/mol. The second-order valence-electron chi connectivity index (χ2n) is 5.97. The number of carbonyl (C=O) groups excluding carboxylic acids is 1. The lowest BCUT2D eigenvalue weighted by Gasteiger charge is -2.27. The maximum atomic E-state index is 12.2. The van der Waals surface area contributed by atoms with Gasteiger partial charge in [-0.2, -0.15) is 0 Å². The van der Waals surface area contributed by atoms with Gasteiger partial charge in [-0.3, -0.25) is 4.79 Å². The fourth-order valence-electron chi connectivity index (χ4n) is 3.39. The highest BCUT2D eigenvalue weighted by atomic mass is 16.1. The molecule has 0 saturated heterocycles. The summed E-state index contributed by atoms with van der Waals surface area (Å²) in [5.74, 6) is 0.226. The van der Waals surface area contributed by atoms with Crippen LogP contribution in [0.25, 0.3) is 10.8 Å². The summed E-state index contributed by atoms with van der Waals surface area (Å²) >= 11 is 0. The van der Waals surface area contributed by atoms with E-state index >= 15 is 0 Å². The molecule has 2 nitrogen and oxygen atoms in total. The van der Waals surface area contributed by atoms with E-state index in [4.69, 9.17) is 0 Å². The van der Waals surface area contributed by atoms with Crippen LogP contribution in [0.2, 0.25) is 0 Å². The first-order valence-corrected chi connectivity index (χ1v) is 7.60. The zero-order valence-electron chi connectivity index (χ0n) is 12.5. The fraction of sp³-hybridized carbons (Fsp3) is 0.150. The Morgan fingerprint density at radius 2 is 1.86 bits per heavy atom. The number of hydrogen-bond acceptors (Lipinski definition) is 1. The molecule has 0 bridgehead atoms. The van der Waals surface area contributed by atoms with Crippen LogP contribution in [0.15, 0.2) is 60.7 Å². The molecule has 0 spiro atoms. The SMILES string of the molecule is Cc1cccc([C@H]2CC(=O)Nc3c2ccc2ccccc32)c1. The van der Waals surface area contributed by atoms with E-state index in [0.717, 1.165) is 16.5 Å². The molecular weight excluding hydrogens is 270 g/mol. The third kappa shape index (κ3) is 2.08. The molecule has 0 saturated carbocycles. The number of amides is 1. The highest BCUT2D eigenvalue weighted by Crippen LogP contribution is 2.40. The van der Waals surface area contributed by atoms with Crippen LogP contribution in [-0.4, -0.2) is 5.91 Å². The highest BCUT2D eigenvalue weighted by Gasteiger charge is 2.27. The Balaban J connectivity index is 1.94. The van der Waals surface area contributed by atoms with Crippen molar-refractivity contribution in [3.05, 3.63) is 77.4 Å². The molecule has 1 N–H and O–H groups in total. The molecule has 108 valence electrons. The van der Waals surface area contributed by atoms with E-state index in [-0.39, 0.29) is 11.8 Å². The van der Waals surface area contributed by atoms with Crippen LogP contribution in [0.1, 0.15) is 29.0 Å². The quantitative estimate of drug-likeness (QED) is 0.695. The third-order valence-electron chi connectivity index (χ3n) is 4.44. The van der Waals surface area contributed by atoms with Gasteiger partial charge in [-0.25, -0.2) is 0 Å². The van der Waals surface area contributed by atoms with Crippen molar-refractivity contribution in [2.75, 3.05) is 5.32 Å². The summed E-state index contributed by atoms with van der Waals surface area (Å²) in [6.07, 6.45) is 0.509. The van der Waals surface area contributed by atoms with Crippen LogP contribution < -0.4 is 5.32 Å². The lowest BCUT2D eigenvalue weighted by Crippen LogP contribution is -2.23.